The summed E-state index contributed by atoms with van der Waals surface area (Å²) in [5.41, 5.74) is 9.84. The standard InChI is InChI=1S/C30H28N4O4/c31-28(35)26(17-24-15-14-21-10-6-7-13-25(21)32-24)33-29(36)27-16-22-11-4-5-12-23(22)18-34(27)30(37)38-19-20-8-2-1-3-9-20/h1-15,26-27H,16-19H2,(H2,31,35)(H,33,36)/t26-,27+/m1/s1. The number of nitrogens with one attached hydrogen (secondary N) is 1. The number of hydrogen-bond acceptors (Lipinski definition) is 5. The van der Waals surface area contributed by atoms with E-state index in [-0.39, 0.29) is 19.6 Å². The SMILES string of the molecule is NC(=O)[C@@H](Cc1ccc2ccccc2n1)NC(=O)[C@@H]1Cc2ccccc2CN1C(=O)OCc1ccccc1. The van der Waals surface area contributed by atoms with Gasteiger partial charge in [0.25, 0.3) is 0 Å². The van der Waals surface area contributed by atoms with E-state index in [1.165, 1.54) is 4.90 Å². The number of nitrogens with two attached hydrogens (primary N) is 1. The van der Waals surface area contributed by atoms with Crippen LogP contribution in [0.5, 0.6) is 0 Å². The Kier molecular flexibility index (Phi) is 7.31. The number of fused-ring (bicyclic) bond motifs is 2. The Hall–Kier alpha value is -4.72. The van der Waals surface area contributed by atoms with Gasteiger partial charge in [-0.1, -0.05) is 78.9 Å². The molecule has 0 bridgehead atoms. The Morgan fingerprint density at radius 2 is 1.63 bits per heavy atom. The third kappa shape index (κ3) is 5.64. The minimum Gasteiger partial charge on any atom is -0.445 e. The van der Waals surface area contributed by atoms with Crippen LogP contribution < -0.4 is 11.1 Å². The predicted molar refractivity (Wildman–Crippen MR) is 143 cm³/mol. The highest BCUT2D eigenvalue weighted by atomic mass is 16.6. The molecule has 3 N–H and O–H groups in total. The van der Waals surface area contributed by atoms with E-state index in [4.69, 9.17) is 10.5 Å². The van der Waals surface area contributed by atoms with Crippen LogP contribution in [0.15, 0.2) is 91.0 Å². The normalized spacial score (nSPS) is 15.4. The summed E-state index contributed by atoms with van der Waals surface area (Å²) in [5.74, 6) is -1.15. The zero-order chi connectivity index (χ0) is 26.5. The average Bonchev–Trinajstić information content (AvgIpc) is 2.95. The van der Waals surface area contributed by atoms with Crippen molar-refractivity contribution < 1.29 is 19.1 Å². The molecule has 4 aromatic rings. The van der Waals surface area contributed by atoms with E-state index >= 15 is 0 Å². The number of pyridine rings is 1. The van der Waals surface area contributed by atoms with Crippen molar-refractivity contribution in [1.82, 2.24) is 15.2 Å². The summed E-state index contributed by atoms with van der Waals surface area (Å²) >= 11 is 0. The van der Waals surface area contributed by atoms with E-state index in [0.717, 1.165) is 27.6 Å². The summed E-state index contributed by atoms with van der Waals surface area (Å²) in [6.45, 7) is 0.305. The lowest BCUT2D eigenvalue weighted by molar-refractivity contribution is -0.131. The first-order valence-electron chi connectivity index (χ1n) is 12.5. The average molecular weight is 509 g/mol. The highest BCUT2D eigenvalue weighted by Gasteiger charge is 2.37. The zero-order valence-electron chi connectivity index (χ0n) is 20.7. The van der Waals surface area contributed by atoms with Crippen molar-refractivity contribution in [2.24, 2.45) is 5.73 Å². The maximum Gasteiger partial charge on any atom is 0.411 e. The van der Waals surface area contributed by atoms with Gasteiger partial charge in [-0.05, 0) is 28.8 Å². The van der Waals surface area contributed by atoms with Gasteiger partial charge < -0.3 is 15.8 Å². The van der Waals surface area contributed by atoms with Gasteiger partial charge in [-0.2, -0.15) is 0 Å². The Morgan fingerprint density at radius 1 is 0.921 bits per heavy atom. The molecule has 3 amide bonds. The molecule has 1 aromatic heterocycles. The summed E-state index contributed by atoms with van der Waals surface area (Å²) in [4.78, 5) is 45.0. The lowest BCUT2D eigenvalue weighted by atomic mass is 9.93. The van der Waals surface area contributed by atoms with Crippen LogP contribution in [0.1, 0.15) is 22.4 Å². The van der Waals surface area contributed by atoms with Crippen LogP contribution >= 0.6 is 0 Å². The van der Waals surface area contributed by atoms with Gasteiger partial charge in [-0.25, -0.2) is 4.79 Å². The number of hydrogen-bond donors (Lipinski definition) is 2. The second kappa shape index (κ2) is 11.1. The fourth-order valence-corrected chi connectivity index (χ4v) is 4.67. The molecule has 0 spiro atoms. The maximum atomic E-state index is 13.5. The van der Waals surface area contributed by atoms with E-state index in [0.29, 0.717) is 12.1 Å². The summed E-state index contributed by atoms with van der Waals surface area (Å²) in [5, 5.41) is 3.74. The van der Waals surface area contributed by atoms with Crippen LogP contribution in [0.25, 0.3) is 10.9 Å². The fourth-order valence-electron chi connectivity index (χ4n) is 4.67. The van der Waals surface area contributed by atoms with Crippen molar-refractivity contribution in [3.63, 3.8) is 0 Å². The highest BCUT2D eigenvalue weighted by Crippen LogP contribution is 2.25. The molecule has 8 heteroatoms. The molecular formula is C30H28N4O4. The second-order valence-electron chi connectivity index (χ2n) is 9.32. The number of nitrogens with zero attached hydrogens (tertiary/aromatic N) is 2. The number of benzene rings is 3. The van der Waals surface area contributed by atoms with Crippen LogP contribution in [0.3, 0.4) is 0 Å². The van der Waals surface area contributed by atoms with Gasteiger partial charge in [0.15, 0.2) is 0 Å². The largest absolute Gasteiger partial charge is 0.445 e. The number of aromatic nitrogens is 1. The van der Waals surface area contributed by atoms with Crippen molar-refractivity contribution in [1.29, 1.82) is 0 Å². The summed E-state index contributed by atoms with van der Waals surface area (Å²) in [7, 11) is 0. The van der Waals surface area contributed by atoms with Gasteiger partial charge in [0.1, 0.15) is 18.7 Å². The molecule has 0 unspecified atom stereocenters. The molecule has 0 aliphatic carbocycles. The Balaban J connectivity index is 1.34. The third-order valence-electron chi connectivity index (χ3n) is 6.72. The van der Waals surface area contributed by atoms with Gasteiger partial charge in [-0.3, -0.25) is 19.5 Å². The minimum absolute atomic E-state index is 0.0870. The van der Waals surface area contributed by atoms with Crippen LogP contribution in [0, 0.1) is 0 Å². The summed E-state index contributed by atoms with van der Waals surface area (Å²) in [6.07, 6.45) is -0.175. The number of carbonyl (C=O) groups excluding carboxylic acids is 3. The van der Waals surface area contributed by atoms with E-state index in [1.54, 1.807) is 0 Å². The summed E-state index contributed by atoms with van der Waals surface area (Å²) in [6, 6.07) is 26.5. The monoisotopic (exact) mass is 508 g/mol. The molecule has 2 heterocycles. The Bertz CT molecular complexity index is 1470. The fraction of sp³-hybridized carbons (Fsp3) is 0.200. The molecule has 0 saturated heterocycles. The number of para-hydroxylation sites is 1. The number of primary amides is 1. The van der Waals surface area contributed by atoms with Crippen LogP contribution in [0.2, 0.25) is 0 Å². The van der Waals surface area contributed by atoms with Gasteiger partial charge in [-0.15, -0.1) is 0 Å². The van der Waals surface area contributed by atoms with Gasteiger partial charge in [0.2, 0.25) is 11.8 Å². The highest BCUT2D eigenvalue weighted by molar-refractivity contribution is 5.91. The third-order valence-corrected chi connectivity index (χ3v) is 6.72. The predicted octanol–water partition coefficient (Wildman–Crippen LogP) is 3.51. The van der Waals surface area contributed by atoms with Crippen molar-refractivity contribution >= 4 is 28.8 Å². The molecule has 0 saturated carbocycles. The lowest BCUT2D eigenvalue weighted by Crippen LogP contribution is -2.56. The van der Waals surface area contributed by atoms with E-state index in [1.807, 2.05) is 91.0 Å². The van der Waals surface area contributed by atoms with Crippen molar-refractivity contribution in [3.8, 4) is 0 Å². The van der Waals surface area contributed by atoms with Crippen LogP contribution in [0.4, 0.5) is 4.79 Å². The molecule has 5 rings (SSSR count). The van der Waals surface area contributed by atoms with E-state index in [9.17, 15) is 14.4 Å². The molecule has 8 nitrogen and oxygen atoms in total. The van der Waals surface area contributed by atoms with E-state index < -0.39 is 30.0 Å². The summed E-state index contributed by atoms with van der Waals surface area (Å²) < 4.78 is 5.56. The number of amides is 3. The second-order valence-corrected chi connectivity index (χ2v) is 9.32. The quantitative estimate of drug-likeness (QED) is 0.397. The Labute approximate surface area is 220 Å². The number of carbonyl (C=O) groups is 3. The number of rotatable bonds is 7. The van der Waals surface area contributed by atoms with Crippen molar-refractivity contribution in [2.75, 3.05) is 0 Å². The first-order chi connectivity index (χ1) is 18.5. The molecular weight excluding hydrogens is 480 g/mol. The van der Waals surface area contributed by atoms with E-state index in [2.05, 4.69) is 10.3 Å². The molecule has 1 aliphatic rings. The smallest absolute Gasteiger partial charge is 0.411 e. The van der Waals surface area contributed by atoms with Crippen molar-refractivity contribution in [2.45, 2.75) is 38.1 Å². The molecule has 38 heavy (non-hydrogen) atoms. The lowest BCUT2D eigenvalue weighted by Gasteiger charge is -2.35. The topological polar surface area (TPSA) is 115 Å². The van der Waals surface area contributed by atoms with Gasteiger partial charge in [0, 0.05) is 23.9 Å². The van der Waals surface area contributed by atoms with Gasteiger partial charge in [0.05, 0.1) is 12.1 Å². The van der Waals surface area contributed by atoms with Gasteiger partial charge >= 0.3 is 6.09 Å². The molecule has 1 aliphatic heterocycles. The first kappa shape index (κ1) is 25.0. The Morgan fingerprint density at radius 3 is 2.42 bits per heavy atom. The molecule has 192 valence electrons. The molecule has 2 atom stereocenters. The maximum absolute atomic E-state index is 13.5. The molecule has 3 aromatic carbocycles. The minimum atomic E-state index is -0.990. The van der Waals surface area contributed by atoms with Crippen LogP contribution in [-0.4, -0.2) is 39.9 Å². The van der Waals surface area contributed by atoms with Crippen LogP contribution in [-0.2, 0) is 40.3 Å². The zero-order valence-corrected chi connectivity index (χ0v) is 20.7. The molecule has 0 fully saturated rings. The molecule has 0 radical (unpaired) electrons. The first-order valence-corrected chi connectivity index (χ1v) is 12.5. The number of ether oxygens (including phenoxy) is 1. The van der Waals surface area contributed by atoms with Crippen molar-refractivity contribution in [3.05, 3.63) is 113 Å².